The van der Waals surface area contributed by atoms with Crippen LogP contribution in [0.4, 0.5) is 13.2 Å². The molecule has 3 atom stereocenters. The van der Waals surface area contributed by atoms with Gasteiger partial charge < -0.3 is 5.32 Å². The average molecular weight is 278 g/mol. The molecule has 1 N–H and O–H groups in total. The highest BCUT2D eigenvalue weighted by Crippen LogP contribution is 2.37. The fourth-order valence-corrected chi connectivity index (χ4v) is 3.36. The van der Waals surface area contributed by atoms with Gasteiger partial charge in [-0.2, -0.15) is 13.2 Å². The summed E-state index contributed by atoms with van der Waals surface area (Å²) in [7, 11) is 0. The first-order valence-electron chi connectivity index (χ1n) is 7.43. The Morgan fingerprint density at radius 2 is 1.84 bits per heavy atom. The van der Waals surface area contributed by atoms with Crippen LogP contribution >= 0.6 is 0 Å². The van der Waals surface area contributed by atoms with Crippen molar-refractivity contribution in [3.05, 3.63) is 0 Å². The third kappa shape index (κ3) is 4.09. The molecule has 19 heavy (non-hydrogen) atoms. The number of nitrogens with one attached hydrogen (secondary N) is 1. The monoisotopic (exact) mass is 278 g/mol. The quantitative estimate of drug-likeness (QED) is 0.853. The van der Waals surface area contributed by atoms with E-state index in [9.17, 15) is 13.2 Å². The molecule has 0 radical (unpaired) electrons. The lowest BCUT2D eigenvalue weighted by atomic mass is 9.85. The summed E-state index contributed by atoms with van der Waals surface area (Å²) < 4.78 is 38.3. The molecule has 0 aromatic heterocycles. The van der Waals surface area contributed by atoms with E-state index in [1.807, 2.05) is 0 Å². The van der Waals surface area contributed by atoms with Crippen LogP contribution < -0.4 is 5.32 Å². The van der Waals surface area contributed by atoms with Crippen LogP contribution in [0.15, 0.2) is 0 Å². The maximum atomic E-state index is 12.8. The van der Waals surface area contributed by atoms with Crippen LogP contribution in [-0.2, 0) is 0 Å². The number of halogens is 3. The van der Waals surface area contributed by atoms with Crippen molar-refractivity contribution in [2.75, 3.05) is 13.1 Å². The van der Waals surface area contributed by atoms with Crippen molar-refractivity contribution in [1.29, 1.82) is 0 Å². The largest absolute Gasteiger partial charge is 0.391 e. The Hall–Kier alpha value is -0.290. The number of hydrogen-bond donors (Lipinski definition) is 1. The normalized spacial score (nSPS) is 34.1. The fourth-order valence-electron chi connectivity index (χ4n) is 3.36. The van der Waals surface area contributed by atoms with E-state index in [4.69, 9.17) is 0 Å². The molecule has 0 aromatic rings. The van der Waals surface area contributed by atoms with Gasteiger partial charge in [-0.15, -0.1) is 0 Å². The third-order valence-electron chi connectivity index (χ3n) is 4.56. The van der Waals surface area contributed by atoms with Gasteiger partial charge in [-0.3, -0.25) is 4.90 Å². The molecule has 5 heteroatoms. The van der Waals surface area contributed by atoms with Crippen molar-refractivity contribution in [3.8, 4) is 0 Å². The predicted octanol–water partition coefficient (Wildman–Crippen LogP) is 3.18. The number of alkyl halides is 3. The maximum Gasteiger partial charge on any atom is 0.391 e. The van der Waals surface area contributed by atoms with Crippen molar-refractivity contribution in [2.24, 2.45) is 5.92 Å². The summed E-state index contributed by atoms with van der Waals surface area (Å²) in [5, 5.41) is 3.46. The minimum absolute atomic E-state index is 0.0532. The molecule has 1 heterocycles. The molecular weight excluding hydrogens is 253 g/mol. The standard InChI is InChI=1S/C14H25F3N2/c1-10(2)19-7-6-13(9-19)18-12-5-3-4-11(8-12)14(15,16)17/h10-13,18H,3-9H2,1-2H3. The van der Waals surface area contributed by atoms with Crippen molar-refractivity contribution in [1.82, 2.24) is 10.2 Å². The van der Waals surface area contributed by atoms with E-state index < -0.39 is 12.1 Å². The molecule has 0 bridgehead atoms. The van der Waals surface area contributed by atoms with Crippen LogP contribution in [0.1, 0.15) is 46.0 Å². The van der Waals surface area contributed by atoms with E-state index in [0.717, 1.165) is 25.9 Å². The summed E-state index contributed by atoms with van der Waals surface area (Å²) in [6.45, 7) is 6.38. The number of nitrogens with zero attached hydrogens (tertiary/aromatic N) is 1. The molecule has 1 aliphatic heterocycles. The summed E-state index contributed by atoms with van der Waals surface area (Å²) in [4.78, 5) is 2.39. The van der Waals surface area contributed by atoms with E-state index in [1.165, 1.54) is 0 Å². The molecule has 1 saturated carbocycles. The van der Waals surface area contributed by atoms with Crippen LogP contribution in [0.3, 0.4) is 0 Å². The third-order valence-corrected chi connectivity index (χ3v) is 4.56. The summed E-state index contributed by atoms with van der Waals surface area (Å²) in [5.74, 6) is -1.10. The minimum Gasteiger partial charge on any atom is -0.310 e. The number of rotatable bonds is 3. The highest BCUT2D eigenvalue weighted by atomic mass is 19.4. The second-order valence-corrected chi connectivity index (χ2v) is 6.34. The molecule has 0 spiro atoms. The molecule has 2 rings (SSSR count). The van der Waals surface area contributed by atoms with Crippen molar-refractivity contribution >= 4 is 0 Å². The lowest BCUT2D eigenvalue weighted by Gasteiger charge is -2.33. The van der Waals surface area contributed by atoms with Crippen molar-refractivity contribution < 1.29 is 13.2 Å². The van der Waals surface area contributed by atoms with Crippen LogP contribution in [0.5, 0.6) is 0 Å². The first kappa shape index (κ1) is 15.1. The molecule has 0 amide bonds. The van der Waals surface area contributed by atoms with Gasteiger partial charge in [0.15, 0.2) is 0 Å². The molecule has 3 unspecified atom stereocenters. The topological polar surface area (TPSA) is 15.3 Å². The van der Waals surface area contributed by atoms with Gasteiger partial charge in [-0.05, 0) is 46.1 Å². The van der Waals surface area contributed by atoms with Gasteiger partial charge in [0.05, 0.1) is 5.92 Å². The zero-order valence-electron chi connectivity index (χ0n) is 11.8. The van der Waals surface area contributed by atoms with Gasteiger partial charge in [0, 0.05) is 24.7 Å². The average Bonchev–Trinajstić information content (AvgIpc) is 2.77. The number of likely N-dealkylation sites (tertiary alicyclic amines) is 1. The summed E-state index contributed by atoms with van der Waals surface area (Å²) >= 11 is 0. The van der Waals surface area contributed by atoms with Crippen molar-refractivity contribution in [2.45, 2.75) is 70.3 Å². The molecule has 2 fully saturated rings. The Kier molecular flexibility index (Phi) is 4.77. The Morgan fingerprint density at radius 3 is 2.42 bits per heavy atom. The van der Waals surface area contributed by atoms with Gasteiger partial charge in [0.25, 0.3) is 0 Å². The van der Waals surface area contributed by atoms with Crippen LogP contribution in [-0.4, -0.2) is 42.3 Å². The van der Waals surface area contributed by atoms with Crippen LogP contribution in [0.25, 0.3) is 0 Å². The SMILES string of the molecule is CC(C)N1CCC(NC2CCCC(C(F)(F)F)C2)C1. The second kappa shape index (κ2) is 6.00. The predicted molar refractivity (Wildman–Crippen MR) is 70.1 cm³/mol. The van der Waals surface area contributed by atoms with Crippen LogP contribution in [0.2, 0.25) is 0 Å². The van der Waals surface area contributed by atoms with E-state index in [2.05, 4.69) is 24.1 Å². The van der Waals surface area contributed by atoms with Gasteiger partial charge in [0.2, 0.25) is 0 Å². The molecule has 2 aliphatic rings. The Morgan fingerprint density at radius 1 is 1.11 bits per heavy atom. The van der Waals surface area contributed by atoms with Gasteiger partial charge >= 0.3 is 6.18 Å². The minimum atomic E-state index is -4.01. The zero-order chi connectivity index (χ0) is 14.0. The first-order chi connectivity index (χ1) is 8.86. The van der Waals surface area contributed by atoms with E-state index in [0.29, 0.717) is 24.9 Å². The lowest BCUT2D eigenvalue weighted by Crippen LogP contribution is -2.45. The number of hydrogen-bond acceptors (Lipinski definition) is 2. The summed E-state index contributed by atoms with van der Waals surface area (Å²) in [6, 6.07) is 0.956. The highest BCUT2D eigenvalue weighted by Gasteiger charge is 2.42. The Labute approximate surface area is 113 Å². The smallest absolute Gasteiger partial charge is 0.310 e. The maximum absolute atomic E-state index is 12.8. The molecular formula is C14H25F3N2. The summed E-state index contributed by atoms with van der Waals surface area (Å²) in [5.41, 5.74) is 0. The van der Waals surface area contributed by atoms with Gasteiger partial charge in [0.1, 0.15) is 0 Å². The molecule has 112 valence electrons. The van der Waals surface area contributed by atoms with Crippen LogP contribution in [0, 0.1) is 5.92 Å². The lowest BCUT2D eigenvalue weighted by molar-refractivity contribution is -0.183. The highest BCUT2D eigenvalue weighted by molar-refractivity contribution is 4.88. The van der Waals surface area contributed by atoms with Gasteiger partial charge in [-0.25, -0.2) is 0 Å². The fraction of sp³-hybridized carbons (Fsp3) is 1.00. The molecule has 1 aliphatic carbocycles. The van der Waals surface area contributed by atoms with E-state index in [1.54, 1.807) is 0 Å². The Bertz CT molecular complexity index is 291. The van der Waals surface area contributed by atoms with Gasteiger partial charge in [-0.1, -0.05) is 6.42 Å². The molecule has 2 nitrogen and oxygen atoms in total. The zero-order valence-corrected chi connectivity index (χ0v) is 11.8. The second-order valence-electron chi connectivity index (χ2n) is 6.34. The van der Waals surface area contributed by atoms with Crippen molar-refractivity contribution in [3.63, 3.8) is 0 Å². The summed E-state index contributed by atoms with van der Waals surface area (Å²) in [6.07, 6.45) is -0.787. The first-order valence-corrected chi connectivity index (χ1v) is 7.43. The van der Waals surface area contributed by atoms with E-state index in [-0.39, 0.29) is 12.5 Å². The Balaban J connectivity index is 1.80. The molecule has 0 aromatic carbocycles. The van der Waals surface area contributed by atoms with E-state index >= 15 is 0 Å². The molecule has 1 saturated heterocycles.